The number of oxazole rings is 1. The second kappa shape index (κ2) is 6.45. The van der Waals surface area contributed by atoms with Gasteiger partial charge >= 0.3 is 5.63 Å². The van der Waals surface area contributed by atoms with E-state index in [1.165, 1.54) is 6.07 Å². The molecule has 0 amide bonds. The molecule has 0 fully saturated rings. The first kappa shape index (κ1) is 16.2. The van der Waals surface area contributed by atoms with Gasteiger partial charge in [0.1, 0.15) is 11.1 Å². The maximum Gasteiger partial charge on any atom is 0.336 e. The van der Waals surface area contributed by atoms with E-state index >= 15 is 0 Å². The van der Waals surface area contributed by atoms with Crippen molar-refractivity contribution < 1.29 is 8.83 Å². The highest BCUT2D eigenvalue weighted by atomic mass is 16.4. The lowest BCUT2D eigenvalue weighted by molar-refractivity contribution is 0.508. The van der Waals surface area contributed by atoms with Crippen LogP contribution in [0.3, 0.4) is 0 Å². The Bertz CT molecular complexity index is 1020. The molecule has 0 bridgehead atoms. The number of hydrogen-bond donors (Lipinski definition) is 1. The second-order valence-corrected chi connectivity index (χ2v) is 5.72. The molecule has 2 heterocycles. The van der Waals surface area contributed by atoms with Crippen LogP contribution >= 0.6 is 0 Å². The molecule has 5 heteroatoms. The fourth-order valence-electron chi connectivity index (χ4n) is 2.79. The van der Waals surface area contributed by atoms with E-state index in [9.17, 15) is 4.79 Å². The molecule has 124 valence electrons. The Morgan fingerprint density at radius 2 is 2.08 bits per heavy atom. The molecule has 5 nitrogen and oxygen atoms in total. The van der Waals surface area contributed by atoms with Crippen molar-refractivity contribution in [1.29, 1.82) is 0 Å². The van der Waals surface area contributed by atoms with Crippen molar-refractivity contribution in [3.63, 3.8) is 0 Å². The Morgan fingerprint density at radius 1 is 1.29 bits per heavy atom. The minimum absolute atomic E-state index is 0.372. The summed E-state index contributed by atoms with van der Waals surface area (Å²) in [6.45, 7) is 6.36. The van der Waals surface area contributed by atoms with Crippen LogP contribution < -0.4 is 10.9 Å². The number of aryl methyl sites for hydroxylation is 1. The highest BCUT2D eigenvalue weighted by Gasteiger charge is 2.16. The second-order valence-electron chi connectivity index (χ2n) is 5.72. The lowest BCUT2D eigenvalue weighted by Gasteiger charge is -2.07. The topological polar surface area (TPSA) is 68.3 Å². The Balaban J connectivity index is 2.36. The first-order valence-corrected chi connectivity index (χ1v) is 7.86. The van der Waals surface area contributed by atoms with E-state index in [4.69, 9.17) is 8.83 Å². The molecule has 0 saturated carbocycles. The Morgan fingerprint density at radius 3 is 2.79 bits per heavy atom. The summed E-state index contributed by atoms with van der Waals surface area (Å²) in [5.41, 5.74) is 4.22. The third-order valence-corrected chi connectivity index (χ3v) is 3.95. The van der Waals surface area contributed by atoms with Gasteiger partial charge in [-0.2, -0.15) is 0 Å². The van der Waals surface area contributed by atoms with E-state index in [1.807, 2.05) is 52.1 Å². The van der Waals surface area contributed by atoms with Gasteiger partial charge in [-0.15, -0.1) is 0 Å². The van der Waals surface area contributed by atoms with Crippen LogP contribution in [0.4, 0.5) is 0 Å². The minimum atomic E-state index is -0.372. The van der Waals surface area contributed by atoms with Crippen LogP contribution in [0.2, 0.25) is 0 Å². The van der Waals surface area contributed by atoms with Crippen LogP contribution in [-0.4, -0.2) is 12.0 Å². The highest BCUT2D eigenvalue weighted by molar-refractivity contribution is 6.00. The molecule has 0 radical (unpaired) electrons. The molecule has 0 aliphatic rings. The molecular weight excluding hydrogens is 304 g/mol. The maximum absolute atomic E-state index is 12.0. The summed E-state index contributed by atoms with van der Waals surface area (Å²) < 4.78 is 11.3. The predicted molar refractivity (Wildman–Crippen MR) is 96.0 cm³/mol. The average molecular weight is 324 g/mol. The quantitative estimate of drug-likeness (QED) is 0.581. The van der Waals surface area contributed by atoms with E-state index in [0.717, 1.165) is 27.6 Å². The number of rotatable bonds is 4. The van der Waals surface area contributed by atoms with E-state index in [-0.39, 0.29) is 5.63 Å². The fraction of sp³-hybridized carbons (Fsp3) is 0.263. The summed E-state index contributed by atoms with van der Waals surface area (Å²) in [6.07, 6.45) is 5.87. The summed E-state index contributed by atoms with van der Waals surface area (Å²) in [5, 5.41) is 3.88. The molecule has 0 spiro atoms. The number of benzene rings is 1. The van der Waals surface area contributed by atoms with E-state index in [1.54, 1.807) is 0 Å². The van der Waals surface area contributed by atoms with Gasteiger partial charge in [0.25, 0.3) is 0 Å². The standard InChI is InChI=1S/C19H20N2O3/c1-5-6-7-11(2)13-9-17(22)24-18-12(3)19-15(8-14(13)18)21-16(23-19)10-20-4/h5-9,20H,10H2,1-4H3/b6-5-,11-7+. The number of allylic oxidation sites excluding steroid dienone is 4. The van der Waals surface area contributed by atoms with Gasteiger partial charge in [-0.1, -0.05) is 18.2 Å². The van der Waals surface area contributed by atoms with E-state index in [0.29, 0.717) is 23.6 Å². The normalized spacial score (nSPS) is 12.8. The van der Waals surface area contributed by atoms with Crippen LogP contribution in [-0.2, 0) is 6.54 Å². The van der Waals surface area contributed by atoms with Crippen molar-refractivity contribution in [3.8, 4) is 0 Å². The van der Waals surface area contributed by atoms with Crippen LogP contribution in [0.25, 0.3) is 27.6 Å². The molecule has 1 N–H and O–H groups in total. The van der Waals surface area contributed by atoms with Gasteiger partial charge in [-0.25, -0.2) is 9.78 Å². The third-order valence-electron chi connectivity index (χ3n) is 3.95. The Labute approximate surface area is 139 Å². The van der Waals surface area contributed by atoms with Gasteiger partial charge in [0.15, 0.2) is 5.58 Å². The zero-order chi connectivity index (χ0) is 17.3. The molecule has 2 aromatic heterocycles. The van der Waals surface area contributed by atoms with Gasteiger partial charge in [0.2, 0.25) is 5.89 Å². The van der Waals surface area contributed by atoms with Gasteiger partial charge in [-0.3, -0.25) is 0 Å². The first-order valence-electron chi connectivity index (χ1n) is 7.86. The molecule has 1 aromatic carbocycles. The number of nitrogens with zero attached hydrogens (tertiary/aromatic N) is 1. The maximum atomic E-state index is 12.0. The number of fused-ring (bicyclic) bond motifs is 2. The zero-order valence-corrected chi connectivity index (χ0v) is 14.3. The molecule has 0 atom stereocenters. The van der Waals surface area contributed by atoms with Crippen molar-refractivity contribution in [2.24, 2.45) is 0 Å². The zero-order valence-electron chi connectivity index (χ0n) is 14.3. The molecule has 0 aliphatic heterocycles. The number of nitrogens with one attached hydrogen (secondary N) is 1. The van der Waals surface area contributed by atoms with Crippen LogP contribution in [0, 0.1) is 6.92 Å². The summed E-state index contributed by atoms with van der Waals surface area (Å²) in [6, 6.07) is 3.45. The van der Waals surface area contributed by atoms with Crippen molar-refractivity contribution in [1.82, 2.24) is 10.3 Å². The van der Waals surface area contributed by atoms with Crippen LogP contribution in [0.5, 0.6) is 0 Å². The lowest BCUT2D eigenvalue weighted by Crippen LogP contribution is -2.04. The lowest BCUT2D eigenvalue weighted by atomic mass is 10.0. The third kappa shape index (κ3) is 2.78. The fourth-order valence-corrected chi connectivity index (χ4v) is 2.79. The van der Waals surface area contributed by atoms with Crippen LogP contribution in [0.1, 0.15) is 30.9 Å². The Kier molecular flexibility index (Phi) is 4.36. The molecular formula is C19H20N2O3. The Hall–Kier alpha value is -2.66. The molecule has 0 saturated heterocycles. The van der Waals surface area contributed by atoms with Gasteiger partial charge in [-0.05, 0) is 45.0 Å². The summed E-state index contributed by atoms with van der Waals surface area (Å²) >= 11 is 0. The van der Waals surface area contributed by atoms with Crippen molar-refractivity contribution in [3.05, 3.63) is 57.8 Å². The van der Waals surface area contributed by atoms with Crippen molar-refractivity contribution in [2.75, 3.05) is 7.05 Å². The summed E-state index contributed by atoms with van der Waals surface area (Å²) in [4.78, 5) is 16.5. The molecule has 3 rings (SSSR count). The van der Waals surface area contributed by atoms with Gasteiger partial charge in [0.05, 0.1) is 6.54 Å². The summed E-state index contributed by atoms with van der Waals surface area (Å²) in [7, 11) is 1.84. The number of hydrogen-bond acceptors (Lipinski definition) is 5. The monoisotopic (exact) mass is 324 g/mol. The van der Waals surface area contributed by atoms with Crippen molar-refractivity contribution in [2.45, 2.75) is 27.3 Å². The first-order chi connectivity index (χ1) is 11.5. The SMILES string of the molecule is C/C=C\C=C(/C)c1cc(=O)oc2c(C)c3oc(CNC)nc3cc12. The van der Waals surface area contributed by atoms with Gasteiger partial charge in [0, 0.05) is 17.0 Å². The molecule has 24 heavy (non-hydrogen) atoms. The molecule has 3 aromatic rings. The molecule has 0 aliphatic carbocycles. The average Bonchev–Trinajstić information content (AvgIpc) is 2.96. The van der Waals surface area contributed by atoms with E-state index in [2.05, 4.69) is 10.3 Å². The van der Waals surface area contributed by atoms with Crippen molar-refractivity contribution >= 4 is 27.6 Å². The smallest absolute Gasteiger partial charge is 0.336 e. The minimum Gasteiger partial charge on any atom is -0.439 e. The van der Waals surface area contributed by atoms with E-state index < -0.39 is 0 Å². The van der Waals surface area contributed by atoms with Gasteiger partial charge < -0.3 is 14.2 Å². The highest BCUT2D eigenvalue weighted by Crippen LogP contribution is 2.32. The molecule has 0 unspecified atom stereocenters. The largest absolute Gasteiger partial charge is 0.439 e. The number of aromatic nitrogens is 1. The van der Waals surface area contributed by atoms with Crippen LogP contribution in [0.15, 0.2) is 44.0 Å². The summed E-state index contributed by atoms with van der Waals surface area (Å²) in [5.74, 6) is 0.607. The predicted octanol–water partition coefficient (Wildman–Crippen LogP) is 3.94.